The first-order valence-electron chi connectivity index (χ1n) is 15.0. The molecule has 0 spiro atoms. The van der Waals surface area contributed by atoms with Crippen LogP contribution >= 0.6 is 22.6 Å². The molecular formula is C30H54IN3O9. The molecule has 3 saturated heterocycles. The van der Waals surface area contributed by atoms with Crippen molar-refractivity contribution < 1.29 is 43.6 Å². The van der Waals surface area contributed by atoms with Crippen molar-refractivity contribution in [3.8, 4) is 0 Å². The van der Waals surface area contributed by atoms with E-state index in [1.165, 1.54) is 4.90 Å². The molecule has 0 radical (unpaired) electrons. The maximum absolute atomic E-state index is 11.6. The molecule has 0 aromatic heterocycles. The van der Waals surface area contributed by atoms with E-state index in [2.05, 4.69) is 22.6 Å². The van der Waals surface area contributed by atoms with Gasteiger partial charge in [0.1, 0.15) is 16.8 Å². The number of carboxylic acids is 1. The first kappa shape index (κ1) is 39.0. The van der Waals surface area contributed by atoms with E-state index in [0.29, 0.717) is 32.0 Å². The predicted molar refractivity (Wildman–Crippen MR) is 171 cm³/mol. The third-order valence-corrected chi connectivity index (χ3v) is 7.79. The van der Waals surface area contributed by atoms with Crippen LogP contribution in [-0.2, 0) is 19.0 Å². The number of hydrogen-bond acceptors (Lipinski definition) is 8. The minimum Gasteiger partial charge on any atom is -0.481 e. The van der Waals surface area contributed by atoms with E-state index >= 15 is 0 Å². The minimum atomic E-state index is -0.846. The average molecular weight is 728 g/mol. The number of alkyl halides is 1. The first-order valence-corrected chi connectivity index (χ1v) is 16.5. The van der Waals surface area contributed by atoms with Crippen LogP contribution in [0.5, 0.6) is 0 Å². The number of aliphatic hydroxyl groups is 1. The molecule has 3 atom stereocenters. The van der Waals surface area contributed by atoms with Gasteiger partial charge in [-0.25, -0.2) is 14.4 Å². The van der Waals surface area contributed by atoms with E-state index in [4.69, 9.17) is 24.4 Å². The highest BCUT2D eigenvalue weighted by molar-refractivity contribution is 14.1. The van der Waals surface area contributed by atoms with Crippen LogP contribution in [0.3, 0.4) is 0 Å². The number of hydrogen-bond donors (Lipinski definition) is 2. The molecule has 13 heteroatoms. The normalized spacial score (nSPS) is 22.2. The summed E-state index contributed by atoms with van der Waals surface area (Å²) in [4.78, 5) is 50.3. The SMILES string of the molecule is CC(C)(C)OC(=O)N1CC[C@H](C(=O)O)C1.CC(C)(C)OC(=O)N1CC[C@H](CI)C1.CC(C)(C)OC(=O)N1CC[C@H](CO)C1. The molecule has 3 aliphatic rings. The molecule has 2 N–H and O–H groups in total. The number of carbonyl (C=O) groups excluding carboxylic acids is 3. The molecule has 3 aliphatic heterocycles. The van der Waals surface area contributed by atoms with E-state index in [9.17, 15) is 19.2 Å². The van der Waals surface area contributed by atoms with Gasteiger partial charge in [-0.15, -0.1) is 0 Å². The highest BCUT2D eigenvalue weighted by Gasteiger charge is 2.33. The monoisotopic (exact) mass is 727 g/mol. The third-order valence-electron chi connectivity index (χ3n) is 6.54. The fraction of sp³-hybridized carbons (Fsp3) is 0.867. The van der Waals surface area contributed by atoms with Gasteiger partial charge in [-0.05, 0) is 87.5 Å². The van der Waals surface area contributed by atoms with Gasteiger partial charge in [0, 0.05) is 56.2 Å². The van der Waals surface area contributed by atoms with Crippen molar-refractivity contribution in [2.24, 2.45) is 17.8 Å². The van der Waals surface area contributed by atoms with Crippen molar-refractivity contribution in [1.29, 1.82) is 0 Å². The number of halogens is 1. The summed E-state index contributed by atoms with van der Waals surface area (Å²) in [7, 11) is 0. The number of carbonyl (C=O) groups is 4. The lowest BCUT2D eigenvalue weighted by Gasteiger charge is -2.24. The molecule has 250 valence electrons. The molecule has 3 heterocycles. The fourth-order valence-corrected chi connectivity index (χ4v) is 5.10. The van der Waals surface area contributed by atoms with Crippen molar-refractivity contribution in [3.63, 3.8) is 0 Å². The number of amides is 3. The van der Waals surface area contributed by atoms with Crippen molar-refractivity contribution in [3.05, 3.63) is 0 Å². The van der Waals surface area contributed by atoms with Crippen LogP contribution in [0.2, 0.25) is 0 Å². The summed E-state index contributed by atoms with van der Waals surface area (Å²) >= 11 is 2.37. The predicted octanol–water partition coefficient (Wildman–Crippen LogP) is 5.24. The molecule has 0 aliphatic carbocycles. The fourth-order valence-electron chi connectivity index (χ4n) is 4.38. The van der Waals surface area contributed by atoms with Gasteiger partial charge in [-0.2, -0.15) is 0 Å². The summed E-state index contributed by atoms with van der Waals surface area (Å²) in [6.07, 6.45) is 1.64. The summed E-state index contributed by atoms with van der Waals surface area (Å²) in [5.74, 6) is -0.413. The largest absolute Gasteiger partial charge is 0.481 e. The van der Waals surface area contributed by atoms with Crippen molar-refractivity contribution in [2.75, 3.05) is 50.3 Å². The first-order chi connectivity index (χ1) is 19.6. The summed E-state index contributed by atoms with van der Waals surface area (Å²) in [5, 5.41) is 17.7. The van der Waals surface area contributed by atoms with Crippen LogP contribution in [0.4, 0.5) is 14.4 Å². The Kier molecular flexibility index (Phi) is 15.3. The Morgan fingerprint density at radius 3 is 1.28 bits per heavy atom. The van der Waals surface area contributed by atoms with Gasteiger partial charge in [0.05, 0.1) is 5.92 Å². The number of nitrogens with zero attached hydrogens (tertiary/aromatic N) is 3. The second-order valence-corrected chi connectivity index (χ2v) is 15.1. The van der Waals surface area contributed by atoms with Crippen LogP contribution < -0.4 is 0 Å². The molecule has 12 nitrogen and oxygen atoms in total. The zero-order chi connectivity index (χ0) is 33.2. The van der Waals surface area contributed by atoms with Gasteiger partial charge in [0.15, 0.2) is 0 Å². The van der Waals surface area contributed by atoms with E-state index < -0.39 is 29.2 Å². The molecule has 3 fully saturated rings. The van der Waals surface area contributed by atoms with E-state index in [0.717, 1.165) is 30.4 Å². The smallest absolute Gasteiger partial charge is 0.410 e. The molecular weight excluding hydrogens is 673 g/mol. The quantitative estimate of drug-likeness (QED) is 0.227. The van der Waals surface area contributed by atoms with Crippen LogP contribution in [0, 0.1) is 17.8 Å². The van der Waals surface area contributed by atoms with E-state index in [1.807, 2.05) is 46.4 Å². The molecule has 0 bridgehead atoms. The maximum Gasteiger partial charge on any atom is 0.410 e. The molecule has 0 unspecified atom stereocenters. The number of likely N-dealkylation sites (tertiary alicyclic amines) is 3. The number of rotatable bonds is 3. The standard InChI is InChI=1S/C10H18INO2.C10H17NO4.C10H19NO3/c1-10(2,3)14-9(13)12-5-4-8(6-11)7-12;1-10(2,3)15-9(14)11-5-4-7(6-11)8(12)13;1-10(2,3)14-9(13)11-5-4-8(6-11)7-12/h8H,4-7H2,1-3H3;7H,4-6H2,1-3H3,(H,12,13);8,12H,4-7H2,1-3H3/t8-;7-;8-/m100/s1. The highest BCUT2D eigenvalue weighted by Crippen LogP contribution is 2.22. The molecule has 3 amide bonds. The molecule has 3 rings (SSSR count). The summed E-state index contributed by atoms with van der Waals surface area (Å²) < 4.78 is 16.8. The molecule has 0 saturated carbocycles. The average Bonchev–Trinajstić information content (AvgIpc) is 3.62. The second kappa shape index (κ2) is 16.9. The van der Waals surface area contributed by atoms with Crippen molar-refractivity contribution in [1.82, 2.24) is 14.7 Å². The highest BCUT2D eigenvalue weighted by atomic mass is 127. The zero-order valence-electron chi connectivity index (χ0n) is 27.5. The molecule has 43 heavy (non-hydrogen) atoms. The van der Waals surface area contributed by atoms with Crippen molar-refractivity contribution in [2.45, 2.75) is 98.4 Å². The van der Waals surface area contributed by atoms with Gasteiger partial charge in [0.2, 0.25) is 0 Å². The van der Waals surface area contributed by atoms with Gasteiger partial charge < -0.3 is 39.1 Å². The topological polar surface area (TPSA) is 146 Å². The minimum absolute atomic E-state index is 0.152. The molecule has 0 aromatic carbocycles. The van der Waals surface area contributed by atoms with Gasteiger partial charge in [0.25, 0.3) is 0 Å². The van der Waals surface area contributed by atoms with Gasteiger partial charge >= 0.3 is 24.2 Å². The summed E-state index contributed by atoms with van der Waals surface area (Å²) in [6, 6.07) is 0. The van der Waals surface area contributed by atoms with Crippen LogP contribution in [-0.4, -0.2) is 116 Å². The van der Waals surface area contributed by atoms with Crippen molar-refractivity contribution >= 4 is 46.8 Å². The van der Waals surface area contributed by atoms with E-state index in [1.54, 1.807) is 25.7 Å². The van der Waals surface area contributed by atoms with Crippen LogP contribution in [0.1, 0.15) is 81.6 Å². The Hall–Kier alpha value is -2.03. The lowest BCUT2D eigenvalue weighted by atomic mass is 10.1. The lowest BCUT2D eigenvalue weighted by molar-refractivity contribution is -0.141. The number of carboxylic acid groups (broad SMARTS) is 1. The Bertz CT molecular complexity index is 881. The number of aliphatic carboxylic acids is 1. The Morgan fingerprint density at radius 1 is 0.651 bits per heavy atom. The third kappa shape index (κ3) is 16.0. The zero-order valence-corrected chi connectivity index (χ0v) is 29.6. The molecule has 0 aromatic rings. The lowest BCUT2D eigenvalue weighted by Crippen LogP contribution is -2.35. The van der Waals surface area contributed by atoms with Crippen LogP contribution in [0.15, 0.2) is 0 Å². The summed E-state index contributed by atoms with van der Waals surface area (Å²) in [5.41, 5.74) is -1.34. The number of aliphatic hydroxyl groups excluding tert-OH is 1. The Balaban J connectivity index is 0.000000323. The second-order valence-electron chi connectivity index (χ2n) is 14.2. The summed E-state index contributed by atoms with van der Waals surface area (Å²) in [6.45, 7) is 20.5. The maximum atomic E-state index is 11.6. The van der Waals surface area contributed by atoms with Crippen LogP contribution in [0.25, 0.3) is 0 Å². The van der Waals surface area contributed by atoms with Gasteiger partial charge in [-0.1, -0.05) is 22.6 Å². The van der Waals surface area contributed by atoms with E-state index in [-0.39, 0.29) is 36.9 Å². The Labute approximate surface area is 270 Å². The number of ether oxygens (including phenoxy) is 3. The van der Waals surface area contributed by atoms with Gasteiger partial charge in [-0.3, -0.25) is 4.79 Å². The Morgan fingerprint density at radius 2 is 1.00 bits per heavy atom.